The Morgan fingerprint density at radius 2 is 2.31 bits per heavy atom. The largest absolute Gasteiger partial charge is 0.383 e. The van der Waals surface area contributed by atoms with E-state index in [2.05, 4.69) is 26.3 Å². The molecule has 5 heteroatoms. The van der Waals surface area contributed by atoms with Crippen molar-refractivity contribution in [3.05, 3.63) is 46.2 Å². The van der Waals surface area contributed by atoms with Crippen molar-refractivity contribution in [2.24, 2.45) is 0 Å². The minimum absolute atomic E-state index is 0.742. The van der Waals surface area contributed by atoms with Crippen molar-refractivity contribution in [1.82, 2.24) is 9.78 Å². The van der Waals surface area contributed by atoms with Crippen molar-refractivity contribution in [2.75, 3.05) is 11.9 Å². The van der Waals surface area contributed by atoms with Crippen LogP contribution in [0.2, 0.25) is 5.02 Å². The Kier molecular flexibility index (Phi) is 3.85. The molecule has 1 heterocycles. The zero-order valence-electron chi connectivity index (χ0n) is 8.53. The van der Waals surface area contributed by atoms with Crippen molar-refractivity contribution in [1.29, 1.82) is 0 Å². The number of nitrogens with one attached hydrogen (secondary N) is 1. The topological polar surface area (TPSA) is 29.9 Å². The van der Waals surface area contributed by atoms with E-state index in [9.17, 15) is 0 Å². The average Bonchev–Trinajstić information content (AvgIpc) is 2.64. The molecule has 84 valence electrons. The third kappa shape index (κ3) is 3.25. The Hall–Kier alpha value is -1.00. The summed E-state index contributed by atoms with van der Waals surface area (Å²) in [6.45, 7) is 1.63. The van der Waals surface area contributed by atoms with E-state index < -0.39 is 0 Å². The van der Waals surface area contributed by atoms with Crippen LogP contribution in [-0.2, 0) is 6.54 Å². The molecule has 0 spiro atoms. The van der Waals surface area contributed by atoms with Gasteiger partial charge in [0, 0.05) is 23.5 Å². The van der Waals surface area contributed by atoms with Crippen LogP contribution < -0.4 is 5.32 Å². The number of rotatable bonds is 4. The van der Waals surface area contributed by atoms with Crippen LogP contribution in [0, 0.1) is 0 Å². The summed E-state index contributed by atoms with van der Waals surface area (Å²) in [6.07, 6.45) is 3.72. The summed E-state index contributed by atoms with van der Waals surface area (Å²) < 4.78 is 2.87. The molecule has 2 aromatic rings. The van der Waals surface area contributed by atoms with Gasteiger partial charge in [-0.25, -0.2) is 0 Å². The predicted octanol–water partition coefficient (Wildman–Crippen LogP) is 3.41. The van der Waals surface area contributed by atoms with Gasteiger partial charge in [-0.2, -0.15) is 5.10 Å². The van der Waals surface area contributed by atoms with Crippen LogP contribution in [0.4, 0.5) is 5.69 Å². The lowest BCUT2D eigenvalue weighted by molar-refractivity contribution is 0.637. The summed E-state index contributed by atoms with van der Waals surface area (Å²) in [5.74, 6) is 0. The number of benzene rings is 1. The van der Waals surface area contributed by atoms with Crippen LogP contribution in [-0.4, -0.2) is 16.3 Å². The maximum Gasteiger partial charge on any atom is 0.0632 e. The number of hydrogen-bond donors (Lipinski definition) is 1. The normalized spacial score (nSPS) is 10.4. The molecule has 1 N–H and O–H groups in total. The second kappa shape index (κ2) is 5.37. The first kappa shape index (κ1) is 11.5. The molecule has 0 aliphatic carbocycles. The molecule has 16 heavy (non-hydrogen) atoms. The Labute approximate surface area is 108 Å². The fraction of sp³-hybridized carbons (Fsp3) is 0.182. The standard InChI is InChI=1S/C11H11BrClN3/c12-9-7-15-16(8-9)5-4-14-11-3-1-2-10(13)6-11/h1-3,6-8,14H,4-5H2. The van der Waals surface area contributed by atoms with Gasteiger partial charge >= 0.3 is 0 Å². The van der Waals surface area contributed by atoms with Gasteiger partial charge < -0.3 is 5.32 Å². The first-order valence-corrected chi connectivity index (χ1v) is 6.08. The number of nitrogens with zero attached hydrogens (tertiary/aromatic N) is 2. The summed E-state index contributed by atoms with van der Waals surface area (Å²) in [6, 6.07) is 7.68. The van der Waals surface area contributed by atoms with Gasteiger partial charge in [0.15, 0.2) is 0 Å². The third-order valence-corrected chi connectivity index (χ3v) is 2.74. The number of halogens is 2. The summed E-state index contributed by atoms with van der Waals surface area (Å²) >= 11 is 9.24. The molecule has 0 bridgehead atoms. The second-order valence-corrected chi connectivity index (χ2v) is 4.71. The van der Waals surface area contributed by atoms with Gasteiger partial charge in [0.2, 0.25) is 0 Å². The van der Waals surface area contributed by atoms with E-state index in [0.717, 1.165) is 28.3 Å². The highest BCUT2D eigenvalue weighted by Crippen LogP contribution is 2.14. The summed E-state index contributed by atoms with van der Waals surface area (Å²) in [5.41, 5.74) is 1.03. The van der Waals surface area contributed by atoms with E-state index >= 15 is 0 Å². The first-order valence-electron chi connectivity index (χ1n) is 4.91. The van der Waals surface area contributed by atoms with E-state index in [1.165, 1.54) is 0 Å². The Morgan fingerprint density at radius 3 is 3.00 bits per heavy atom. The summed E-state index contributed by atoms with van der Waals surface area (Å²) in [4.78, 5) is 0. The van der Waals surface area contributed by atoms with Gasteiger partial charge in [-0.05, 0) is 34.1 Å². The number of anilines is 1. The van der Waals surface area contributed by atoms with Crippen molar-refractivity contribution < 1.29 is 0 Å². The minimum Gasteiger partial charge on any atom is -0.383 e. The fourth-order valence-corrected chi connectivity index (χ4v) is 1.89. The third-order valence-electron chi connectivity index (χ3n) is 2.10. The molecule has 2 rings (SSSR count). The highest BCUT2D eigenvalue weighted by molar-refractivity contribution is 9.10. The molecule has 0 radical (unpaired) electrons. The molecule has 0 unspecified atom stereocenters. The van der Waals surface area contributed by atoms with E-state index in [4.69, 9.17) is 11.6 Å². The van der Waals surface area contributed by atoms with Crippen molar-refractivity contribution in [3.8, 4) is 0 Å². The predicted molar refractivity (Wildman–Crippen MR) is 69.9 cm³/mol. The number of aromatic nitrogens is 2. The van der Waals surface area contributed by atoms with Gasteiger partial charge in [0.05, 0.1) is 17.2 Å². The lowest BCUT2D eigenvalue weighted by Gasteiger charge is -2.06. The lowest BCUT2D eigenvalue weighted by Crippen LogP contribution is -2.10. The highest BCUT2D eigenvalue weighted by atomic mass is 79.9. The van der Waals surface area contributed by atoms with Crippen LogP contribution in [0.5, 0.6) is 0 Å². The van der Waals surface area contributed by atoms with Gasteiger partial charge in [0.25, 0.3) is 0 Å². The minimum atomic E-state index is 0.742. The van der Waals surface area contributed by atoms with Gasteiger partial charge in [-0.1, -0.05) is 17.7 Å². The van der Waals surface area contributed by atoms with E-state index in [-0.39, 0.29) is 0 Å². The molecule has 0 saturated carbocycles. The van der Waals surface area contributed by atoms with E-state index in [1.54, 1.807) is 6.20 Å². The molecule has 0 aliphatic heterocycles. The Balaban J connectivity index is 1.84. The molecule has 0 amide bonds. The van der Waals surface area contributed by atoms with Crippen LogP contribution in [0.25, 0.3) is 0 Å². The molecule has 0 aliphatic rings. The molecule has 3 nitrogen and oxygen atoms in total. The van der Waals surface area contributed by atoms with Crippen LogP contribution in [0.15, 0.2) is 41.1 Å². The van der Waals surface area contributed by atoms with E-state index in [1.807, 2.05) is 35.1 Å². The van der Waals surface area contributed by atoms with Gasteiger partial charge in [0.1, 0.15) is 0 Å². The summed E-state index contributed by atoms with van der Waals surface area (Å²) in [7, 11) is 0. The second-order valence-electron chi connectivity index (χ2n) is 3.36. The quantitative estimate of drug-likeness (QED) is 0.938. The van der Waals surface area contributed by atoms with Crippen molar-refractivity contribution in [3.63, 3.8) is 0 Å². The molecular weight excluding hydrogens is 289 g/mol. The zero-order chi connectivity index (χ0) is 11.4. The maximum atomic E-state index is 5.88. The van der Waals surface area contributed by atoms with Crippen molar-refractivity contribution in [2.45, 2.75) is 6.54 Å². The smallest absolute Gasteiger partial charge is 0.0632 e. The molecular formula is C11H11BrClN3. The average molecular weight is 301 g/mol. The van der Waals surface area contributed by atoms with Crippen LogP contribution >= 0.6 is 27.5 Å². The van der Waals surface area contributed by atoms with E-state index in [0.29, 0.717) is 0 Å². The SMILES string of the molecule is Clc1cccc(NCCn2cc(Br)cn2)c1. The van der Waals surface area contributed by atoms with Crippen LogP contribution in [0.3, 0.4) is 0 Å². The van der Waals surface area contributed by atoms with Crippen LogP contribution in [0.1, 0.15) is 0 Å². The molecule has 1 aromatic carbocycles. The van der Waals surface area contributed by atoms with Gasteiger partial charge in [-0.3, -0.25) is 4.68 Å². The van der Waals surface area contributed by atoms with Gasteiger partial charge in [-0.15, -0.1) is 0 Å². The maximum absolute atomic E-state index is 5.88. The molecule has 0 saturated heterocycles. The first-order chi connectivity index (χ1) is 7.74. The Morgan fingerprint density at radius 1 is 1.44 bits per heavy atom. The highest BCUT2D eigenvalue weighted by Gasteiger charge is 1.96. The Bertz CT molecular complexity index is 470. The number of hydrogen-bond acceptors (Lipinski definition) is 2. The summed E-state index contributed by atoms with van der Waals surface area (Å²) in [5, 5.41) is 8.19. The molecule has 0 fully saturated rings. The zero-order valence-corrected chi connectivity index (χ0v) is 10.9. The molecule has 1 aromatic heterocycles. The molecule has 0 atom stereocenters. The fourth-order valence-electron chi connectivity index (χ4n) is 1.37. The van der Waals surface area contributed by atoms with Crippen molar-refractivity contribution >= 4 is 33.2 Å². The monoisotopic (exact) mass is 299 g/mol. The lowest BCUT2D eigenvalue weighted by atomic mass is 10.3.